The van der Waals surface area contributed by atoms with E-state index in [2.05, 4.69) is 27.7 Å². The minimum absolute atomic E-state index is 0.156. The number of fused-ring (bicyclic) bond motifs is 2. The van der Waals surface area contributed by atoms with Crippen LogP contribution in [-0.4, -0.2) is 11.4 Å². The Morgan fingerprint density at radius 2 is 1.83 bits per heavy atom. The molecular weight excluding hydrogens is 376 g/mol. The molecule has 0 saturated heterocycles. The van der Waals surface area contributed by atoms with Crippen molar-refractivity contribution in [1.82, 2.24) is 0 Å². The monoisotopic (exact) mass is 410 g/mol. The molecule has 1 aromatic carbocycles. The molecule has 1 aliphatic carbocycles. The van der Waals surface area contributed by atoms with E-state index in [1.165, 1.54) is 0 Å². The Morgan fingerprint density at radius 3 is 2.47 bits per heavy atom. The number of unbranched alkanes of at least 4 members (excludes halogenated alkanes) is 1. The van der Waals surface area contributed by atoms with Crippen LogP contribution in [0.3, 0.4) is 0 Å². The van der Waals surface area contributed by atoms with Crippen LogP contribution in [0.25, 0.3) is 11.0 Å². The first-order valence-electron chi connectivity index (χ1n) is 11.5. The highest BCUT2D eigenvalue weighted by Crippen LogP contribution is 2.49. The van der Waals surface area contributed by atoms with Crippen LogP contribution in [0.15, 0.2) is 21.3 Å². The topological polar surface area (TPSA) is 56.5 Å². The quantitative estimate of drug-likeness (QED) is 0.551. The molecule has 0 radical (unpaired) electrons. The van der Waals surface area contributed by atoms with Gasteiger partial charge in [0, 0.05) is 17.0 Å². The summed E-state index contributed by atoms with van der Waals surface area (Å²) in [5, 5.41) is 0.878. The number of aryl methyl sites for hydroxylation is 2. The first kappa shape index (κ1) is 21.1. The molecule has 0 bridgehead atoms. The highest BCUT2D eigenvalue weighted by atomic mass is 16.5. The second-order valence-corrected chi connectivity index (χ2v) is 10.5. The van der Waals surface area contributed by atoms with Gasteiger partial charge in [0.05, 0.1) is 12.0 Å². The smallest absolute Gasteiger partial charge is 0.336 e. The van der Waals surface area contributed by atoms with Crippen LogP contribution in [0.2, 0.25) is 0 Å². The van der Waals surface area contributed by atoms with Gasteiger partial charge in [0.1, 0.15) is 16.9 Å². The summed E-state index contributed by atoms with van der Waals surface area (Å²) in [6.07, 6.45) is 7.26. The summed E-state index contributed by atoms with van der Waals surface area (Å²) < 4.78 is 12.2. The van der Waals surface area contributed by atoms with Crippen LogP contribution >= 0.6 is 0 Å². The standard InChI is InChI=1S/C26H34O4/c1-6-7-8-17-13-22(28)29-23-16(2)24-20(14-19(17)23)21(27)15-26(30-24)11-9-18(10-12-26)25(3,4)5/h13-14,18H,6-12,15H2,1-5H3. The average Bonchev–Trinajstić information content (AvgIpc) is 2.67. The third-order valence-electron chi connectivity index (χ3n) is 7.32. The van der Waals surface area contributed by atoms with Gasteiger partial charge in [0.15, 0.2) is 5.78 Å². The van der Waals surface area contributed by atoms with Gasteiger partial charge in [-0.1, -0.05) is 34.1 Å². The van der Waals surface area contributed by atoms with E-state index in [-0.39, 0.29) is 16.8 Å². The SMILES string of the molecule is CCCCc1cc(=O)oc2c(C)c3c(cc12)C(=O)CC1(CCC(C(C)(C)C)CC1)O3. The minimum Gasteiger partial charge on any atom is -0.486 e. The maximum Gasteiger partial charge on any atom is 0.336 e. The van der Waals surface area contributed by atoms with Crippen molar-refractivity contribution >= 4 is 16.8 Å². The maximum atomic E-state index is 13.3. The van der Waals surface area contributed by atoms with Crippen molar-refractivity contribution in [2.45, 2.75) is 91.6 Å². The van der Waals surface area contributed by atoms with Crippen LogP contribution in [0, 0.1) is 18.3 Å². The molecule has 0 atom stereocenters. The summed E-state index contributed by atoms with van der Waals surface area (Å²) in [6.45, 7) is 10.9. The fraction of sp³-hybridized carbons (Fsp3) is 0.615. The van der Waals surface area contributed by atoms with E-state index in [4.69, 9.17) is 9.15 Å². The lowest BCUT2D eigenvalue weighted by Crippen LogP contribution is -2.46. The van der Waals surface area contributed by atoms with Gasteiger partial charge in [0.25, 0.3) is 0 Å². The van der Waals surface area contributed by atoms with Crippen molar-refractivity contribution in [3.05, 3.63) is 39.2 Å². The van der Waals surface area contributed by atoms with Crippen molar-refractivity contribution in [2.75, 3.05) is 0 Å². The number of hydrogen-bond donors (Lipinski definition) is 0. The number of benzene rings is 1. The molecule has 30 heavy (non-hydrogen) atoms. The largest absolute Gasteiger partial charge is 0.486 e. The first-order chi connectivity index (χ1) is 14.1. The number of ether oxygens (including phenoxy) is 1. The molecule has 1 saturated carbocycles. The zero-order valence-corrected chi connectivity index (χ0v) is 19.0. The summed E-state index contributed by atoms with van der Waals surface area (Å²) in [5.41, 5.74) is 2.50. The third-order valence-corrected chi connectivity index (χ3v) is 7.32. The Kier molecular flexibility index (Phi) is 5.32. The third kappa shape index (κ3) is 3.70. The Balaban J connectivity index is 1.74. The van der Waals surface area contributed by atoms with Crippen LogP contribution in [0.4, 0.5) is 0 Å². The summed E-state index contributed by atoms with van der Waals surface area (Å²) in [4.78, 5) is 25.5. The second kappa shape index (κ2) is 7.55. The Bertz CT molecular complexity index is 1030. The van der Waals surface area contributed by atoms with Crippen molar-refractivity contribution < 1.29 is 13.9 Å². The van der Waals surface area contributed by atoms with Crippen molar-refractivity contribution in [2.24, 2.45) is 11.3 Å². The Hall–Kier alpha value is -2.10. The van der Waals surface area contributed by atoms with Gasteiger partial charge in [-0.25, -0.2) is 4.79 Å². The van der Waals surface area contributed by atoms with Gasteiger partial charge in [-0.2, -0.15) is 0 Å². The van der Waals surface area contributed by atoms with Crippen LogP contribution in [0.1, 0.15) is 94.1 Å². The molecule has 1 spiro atoms. The summed E-state index contributed by atoms with van der Waals surface area (Å²) in [7, 11) is 0. The van der Waals surface area contributed by atoms with Crippen molar-refractivity contribution in [3.8, 4) is 5.75 Å². The lowest BCUT2D eigenvalue weighted by atomic mass is 9.66. The average molecular weight is 411 g/mol. The zero-order valence-electron chi connectivity index (χ0n) is 19.0. The molecule has 2 heterocycles. The van der Waals surface area contributed by atoms with E-state index >= 15 is 0 Å². The second-order valence-electron chi connectivity index (χ2n) is 10.5. The number of hydrogen-bond acceptors (Lipinski definition) is 4. The number of ketones is 1. The Morgan fingerprint density at radius 1 is 1.13 bits per heavy atom. The molecule has 4 nitrogen and oxygen atoms in total. The lowest BCUT2D eigenvalue weighted by Gasteiger charge is -2.46. The fourth-order valence-corrected chi connectivity index (χ4v) is 5.34. The fourth-order valence-electron chi connectivity index (χ4n) is 5.34. The van der Waals surface area contributed by atoms with Crippen LogP contribution in [0.5, 0.6) is 5.75 Å². The van der Waals surface area contributed by atoms with E-state index in [0.29, 0.717) is 29.2 Å². The zero-order chi connectivity index (χ0) is 21.7. The van der Waals surface area contributed by atoms with E-state index in [1.54, 1.807) is 6.07 Å². The first-order valence-corrected chi connectivity index (χ1v) is 11.5. The minimum atomic E-state index is -0.412. The highest BCUT2D eigenvalue weighted by Gasteiger charge is 2.45. The normalized spacial score (nSPS) is 24.2. The van der Waals surface area contributed by atoms with Gasteiger partial charge in [-0.15, -0.1) is 0 Å². The molecule has 2 aromatic rings. The van der Waals surface area contributed by atoms with E-state index < -0.39 is 5.60 Å². The molecule has 162 valence electrons. The highest BCUT2D eigenvalue weighted by molar-refractivity contribution is 6.05. The summed E-state index contributed by atoms with van der Waals surface area (Å²) in [6, 6.07) is 3.48. The number of carbonyl (C=O) groups is 1. The lowest BCUT2D eigenvalue weighted by molar-refractivity contribution is -0.0131. The van der Waals surface area contributed by atoms with Crippen molar-refractivity contribution in [1.29, 1.82) is 0 Å². The molecule has 0 amide bonds. The molecule has 1 aliphatic heterocycles. The summed E-state index contributed by atoms with van der Waals surface area (Å²) in [5.74, 6) is 1.44. The Labute approximate surface area is 179 Å². The predicted octanol–water partition coefficient (Wildman–Crippen LogP) is 6.38. The molecule has 4 heteroatoms. The molecule has 1 fully saturated rings. The van der Waals surface area contributed by atoms with E-state index in [0.717, 1.165) is 61.5 Å². The molecule has 2 aliphatic rings. The van der Waals surface area contributed by atoms with Gasteiger partial charge in [-0.05, 0) is 68.4 Å². The molecule has 4 rings (SSSR count). The van der Waals surface area contributed by atoms with Gasteiger partial charge in [0.2, 0.25) is 0 Å². The number of Topliss-reactive ketones (excluding diaryl/α,β-unsaturated/α-hetero) is 1. The number of rotatable bonds is 3. The number of carbonyl (C=O) groups excluding carboxylic acids is 1. The van der Waals surface area contributed by atoms with Gasteiger partial charge in [-0.3, -0.25) is 4.79 Å². The molecular formula is C26H34O4. The van der Waals surface area contributed by atoms with Crippen LogP contribution in [-0.2, 0) is 6.42 Å². The molecule has 1 aromatic heterocycles. The van der Waals surface area contributed by atoms with Gasteiger partial charge >= 0.3 is 5.63 Å². The van der Waals surface area contributed by atoms with Crippen LogP contribution < -0.4 is 10.4 Å². The predicted molar refractivity (Wildman–Crippen MR) is 120 cm³/mol. The van der Waals surface area contributed by atoms with Crippen molar-refractivity contribution in [3.63, 3.8) is 0 Å². The van der Waals surface area contributed by atoms with E-state index in [9.17, 15) is 9.59 Å². The molecule has 0 N–H and O–H groups in total. The van der Waals surface area contributed by atoms with E-state index in [1.807, 2.05) is 13.0 Å². The maximum absolute atomic E-state index is 13.3. The summed E-state index contributed by atoms with van der Waals surface area (Å²) >= 11 is 0. The van der Waals surface area contributed by atoms with Gasteiger partial charge < -0.3 is 9.15 Å². The molecule has 0 unspecified atom stereocenters.